The largest absolute Gasteiger partial charge is 0.491 e. The van der Waals surface area contributed by atoms with E-state index in [9.17, 15) is 36.3 Å². The predicted octanol–water partition coefficient (Wildman–Crippen LogP) is 5.15. The topological polar surface area (TPSA) is 144 Å². The molecule has 15 heteroatoms. The molecular formula is C38H42F3N3O8S. The van der Waals surface area contributed by atoms with Gasteiger partial charge in [0.25, 0.3) is 11.8 Å². The van der Waals surface area contributed by atoms with Crippen LogP contribution < -0.4 is 19.7 Å². The molecule has 0 saturated carbocycles. The van der Waals surface area contributed by atoms with Gasteiger partial charge in [0, 0.05) is 49.9 Å². The molecule has 4 atom stereocenters. The summed E-state index contributed by atoms with van der Waals surface area (Å²) >= 11 is 0. The smallest absolute Gasteiger partial charge is 0.251 e. The number of sulfonamides is 1. The van der Waals surface area contributed by atoms with Crippen molar-refractivity contribution in [3.63, 3.8) is 0 Å². The zero-order chi connectivity index (χ0) is 38.7. The number of methoxy groups -OCH3 is 1. The van der Waals surface area contributed by atoms with E-state index in [-0.39, 0.29) is 42.2 Å². The summed E-state index contributed by atoms with van der Waals surface area (Å²) in [5.74, 6) is -3.82. The number of amides is 2. The highest BCUT2D eigenvalue weighted by Crippen LogP contribution is 2.23. The standard InChI is InChI=1S/C38H42F3N3O8S/c1-24(26-8-6-5-7-9-26)42-37(46)27-14-28(16-32(15-27)44(2)53(4,48)49)38(47)43-35(23-52-33-18-30(40)17-31(41)19-33)36(45)20-34(50-3)22-51-21-25-10-12-29(39)13-11-25/h5-19,24,34-36,45H,20-23H2,1-4H3,(H,42,46)(H,43,47)/t24-,34?,35+,36?/m1/s1. The van der Waals surface area contributed by atoms with Crippen LogP contribution in [0.3, 0.4) is 0 Å². The number of anilines is 1. The molecule has 284 valence electrons. The third kappa shape index (κ3) is 12.3. The number of hydrogen-bond acceptors (Lipinski definition) is 8. The van der Waals surface area contributed by atoms with Gasteiger partial charge in [-0.05, 0) is 48.4 Å². The molecule has 2 unspecified atom stereocenters. The molecule has 11 nitrogen and oxygen atoms in total. The van der Waals surface area contributed by atoms with Crippen LogP contribution in [0.4, 0.5) is 18.9 Å². The molecule has 0 saturated heterocycles. The molecule has 0 aliphatic rings. The van der Waals surface area contributed by atoms with Crippen LogP contribution in [0.5, 0.6) is 5.75 Å². The summed E-state index contributed by atoms with van der Waals surface area (Å²) < 4.78 is 83.8. The normalized spacial score (nSPS) is 13.7. The Kier molecular flexibility index (Phi) is 14.4. The minimum absolute atomic E-state index is 0.00130. The van der Waals surface area contributed by atoms with E-state index in [1.807, 2.05) is 30.3 Å². The highest BCUT2D eigenvalue weighted by molar-refractivity contribution is 7.92. The first-order valence-electron chi connectivity index (χ1n) is 16.5. The third-order valence-electron chi connectivity index (χ3n) is 8.32. The van der Waals surface area contributed by atoms with E-state index in [0.717, 1.165) is 28.3 Å². The lowest BCUT2D eigenvalue weighted by Gasteiger charge is -2.27. The molecule has 4 rings (SSSR count). The van der Waals surface area contributed by atoms with Crippen LogP contribution in [-0.4, -0.2) is 77.2 Å². The van der Waals surface area contributed by atoms with Crippen LogP contribution in [0, 0.1) is 17.5 Å². The number of ether oxygens (including phenoxy) is 3. The lowest BCUT2D eigenvalue weighted by atomic mass is 10.0. The van der Waals surface area contributed by atoms with Crippen LogP contribution in [-0.2, 0) is 26.1 Å². The van der Waals surface area contributed by atoms with E-state index >= 15 is 0 Å². The van der Waals surface area contributed by atoms with Crippen LogP contribution in [0.25, 0.3) is 0 Å². The summed E-state index contributed by atoms with van der Waals surface area (Å²) in [5.41, 5.74) is 1.38. The Morgan fingerprint density at radius 2 is 1.43 bits per heavy atom. The number of nitrogens with one attached hydrogen (secondary N) is 2. The van der Waals surface area contributed by atoms with Crippen molar-refractivity contribution in [2.24, 2.45) is 0 Å². The Morgan fingerprint density at radius 1 is 0.830 bits per heavy atom. The Morgan fingerprint density at radius 3 is 2.02 bits per heavy atom. The van der Waals surface area contributed by atoms with Crippen LogP contribution in [0.1, 0.15) is 51.2 Å². The summed E-state index contributed by atoms with van der Waals surface area (Å²) in [6.07, 6.45) is -1.22. The number of nitrogens with zero attached hydrogens (tertiary/aromatic N) is 1. The van der Waals surface area contributed by atoms with E-state index in [1.54, 1.807) is 19.1 Å². The van der Waals surface area contributed by atoms with Gasteiger partial charge < -0.3 is 30.0 Å². The summed E-state index contributed by atoms with van der Waals surface area (Å²) in [6, 6.07) is 19.6. The van der Waals surface area contributed by atoms with E-state index < -0.39 is 70.2 Å². The molecule has 3 N–H and O–H groups in total. The fourth-order valence-corrected chi connectivity index (χ4v) is 5.69. The summed E-state index contributed by atoms with van der Waals surface area (Å²) in [4.78, 5) is 27.3. The molecule has 0 spiro atoms. The number of hydrogen-bond donors (Lipinski definition) is 3. The van der Waals surface area contributed by atoms with Crippen LogP contribution in [0.15, 0.2) is 91.0 Å². The van der Waals surface area contributed by atoms with Gasteiger partial charge in [0.2, 0.25) is 10.0 Å². The van der Waals surface area contributed by atoms with Crippen molar-refractivity contribution >= 4 is 27.5 Å². The van der Waals surface area contributed by atoms with Crippen molar-refractivity contribution in [2.75, 3.05) is 37.9 Å². The van der Waals surface area contributed by atoms with Crippen LogP contribution in [0.2, 0.25) is 0 Å². The van der Waals surface area contributed by atoms with Crippen molar-refractivity contribution in [1.29, 1.82) is 0 Å². The molecule has 0 aliphatic carbocycles. The van der Waals surface area contributed by atoms with E-state index in [1.165, 1.54) is 44.5 Å². The van der Waals surface area contributed by atoms with Crippen molar-refractivity contribution in [3.8, 4) is 5.75 Å². The molecule has 53 heavy (non-hydrogen) atoms. The number of carbonyl (C=O) groups is 2. The van der Waals surface area contributed by atoms with Crippen molar-refractivity contribution in [1.82, 2.24) is 10.6 Å². The Balaban J connectivity index is 1.58. The third-order valence-corrected chi connectivity index (χ3v) is 9.53. The zero-order valence-electron chi connectivity index (χ0n) is 29.6. The highest BCUT2D eigenvalue weighted by atomic mass is 32.2. The minimum atomic E-state index is -3.83. The number of rotatable bonds is 18. The SMILES string of the molecule is COC(COCc1ccc(F)cc1)CC(O)[C@H](COc1cc(F)cc(F)c1)NC(=O)c1cc(C(=O)N[C@H](C)c2ccccc2)cc(N(C)S(C)(=O)=O)c1. The molecular weight excluding hydrogens is 715 g/mol. The van der Waals surface area contributed by atoms with E-state index in [0.29, 0.717) is 11.6 Å². The molecule has 0 bridgehead atoms. The van der Waals surface area contributed by atoms with Crippen molar-refractivity contribution < 1.29 is 50.5 Å². The number of halogens is 3. The van der Waals surface area contributed by atoms with Gasteiger partial charge in [0.05, 0.1) is 49.4 Å². The molecule has 4 aromatic rings. The summed E-state index contributed by atoms with van der Waals surface area (Å²) in [6.45, 7) is 1.43. The highest BCUT2D eigenvalue weighted by Gasteiger charge is 2.28. The monoisotopic (exact) mass is 757 g/mol. The Bertz CT molecular complexity index is 1930. The van der Waals surface area contributed by atoms with Crippen molar-refractivity contribution in [3.05, 3.63) is 131 Å². The average Bonchev–Trinajstić information content (AvgIpc) is 3.12. The lowest BCUT2D eigenvalue weighted by molar-refractivity contribution is -0.0311. The summed E-state index contributed by atoms with van der Waals surface area (Å²) in [7, 11) is -1.17. The first kappa shape index (κ1) is 40.8. The number of aliphatic hydroxyl groups is 1. The second-order valence-corrected chi connectivity index (χ2v) is 14.4. The number of benzene rings is 4. The van der Waals surface area contributed by atoms with E-state index in [2.05, 4.69) is 10.6 Å². The molecule has 4 aromatic carbocycles. The minimum Gasteiger partial charge on any atom is -0.491 e. The molecule has 0 aliphatic heterocycles. The second kappa shape index (κ2) is 18.7. The van der Waals surface area contributed by atoms with Gasteiger partial charge in [-0.25, -0.2) is 21.6 Å². The molecule has 2 amide bonds. The van der Waals surface area contributed by atoms with Crippen LogP contribution >= 0.6 is 0 Å². The fourth-order valence-electron chi connectivity index (χ4n) is 5.20. The molecule has 0 aromatic heterocycles. The Labute approximate surface area is 306 Å². The molecule has 0 radical (unpaired) electrons. The van der Waals surface area contributed by atoms with Gasteiger partial charge in [0.15, 0.2) is 0 Å². The van der Waals surface area contributed by atoms with Gasteiger partial charge in [-0.2, -0.15) is 0 Å². The molecule has 0 fully saturated rings. The zero-order valence-corrected chi connectivity index (χ0v) is 30.4. The summed E-state index contributed by atoms with van der Waals surface area (Å²) in [5, 5.41) is 16.9. The number of aliphatic hydroxyl groups excluding tert-OH is 1. The predicted molar refractivity (Wildman–Crippen MR) is 193 cm³/mol. The average molecular weight is 758 g/mol. The first-order valence-corrected chi connectivity index (χ1v) is 18.4. The van der Waals surface area contributed by atoms with Gasteiger partial charge in [-0.3, -0.25) is 13.9 Å². The molecule has 0 heterocycles. The maximum Gasteiger partial charge on any atom is 0.251 e. The first-order chi connectivity index (χ1) is 25.1. The van der Waals surface area contributed by atoms with Crippen molar-refractivity contribution in [2.45, 2.75) is 44.2 Å². The fraction of sp³-hybridized carbons (Fsp3) is 0.316. The second-order valence-electron chi connectivity index (χ2n) is 12.4. The quantitative estimate of drug-likeness (QED) is 0.127. The number of carbonyl (C=O) groups excluding carboxylic acids is 2. The Hall–Kier alpha value is -4.96. The van der Waals surface area contributed by atoms with Gasteiger partial charge in [0.1, 0.15) is 29.8 Å². The van der Waals surface area contributed by atoms with E-state index in [4.69, 9.17) is 14.2 Å². The van der Waals surface area contributed by atoms with Gasteiger partial charge in [-0.15, -0.1) is 0 Å². The maximum atomic E-state index is 13.9. The van der Waals surface area contributed by atoms with Gasteiger partial charge >= 0.3 is 0 Å². The maximum absolute atomic E-state index is 13.9. The lowest BCUT2D eigenvalue weighted by Crippen LogP contribution is -2.48. The van der Waals surface area contributed by atoms with Gasteiger partial charge in [-0.1, -0.05) is 42.5 Å².